The van der Waals surface area contributed by atoms with Crippen molar-refractivity contribution >= 4 is 27.3 Å². The molecule has 104 valence electrons. The van der Waals surface area contributed by atoms with Gasteiger partial charge < -0.3 is 11.1 Å². The summed E-state index contributed by atoms with van der Waals surface area (Å²) in [6.45, 7) is 2.03. The number of benzene rings is 1. The number of carbonyl (C=O) groups excluding carboxylic acids is 1. The van der Waals surface area contributed by atoms with Gasteiger partial charge in [-0.15, -0.1) is 0 Å². The maximum atomic E-state index is 11.7. The molecule has 0 fully saturated rings. The lowest BCUT2D eigenvalue weighted by Crippen LogP contribution is -2.32. The molecule has 3 N–H and O–H groups in total. The summed E-state index contributed by atoms with van der Waals surface area (Å²) in [4.78, 5) is 11.5. The Balaban J connectivity index is 2.31. The van der Waals surface area contributed by atoms with Crippen LogP contribution >= 0.6 is 0 Å². The summed E-state index contributed by atoms with van der Waals surface area (Å²) in [6.07, 6.45) is 1.86. The maximum Gasteiger partial charge on any atom is 0.240 e. The van der Waals surface area contributed by atoms with Gasteiger partial charge in [0.2, 0.25) is 15.9 Å². The fraction of sp³-hybridized carbons (Fsp3) is 0.417. The van der Waals surface area contributed by atoms with Crippen molar-refractivity contribution in [1.29, 1.82) is 0 Å². The van der Waals surface area contributed by atoms with Crippen LogP contribution in [0.5, 0.6) is 0 Å². The van der Waals surface area contributed by atoms with E-state index in [0.29, 0.717) is 24.3 Å². The lowest BCUT2D eigenvalue weighted by Gasteiger charge is -2.17. The quantitative estimate of drug-likeness (QED) is 0.834. The van der Waals surface area contributed by atoms with E-state index in [1.807, 2.05) is 6.07 Å². The zero-order chi connectivity index (χ0) is 14.2. The number of nitrogens with zero attached hydrogens (tertiary/aromatic N) is 1. The zero-order valence-corrected chi connectivity index (χ0v) is 11.7. The monoisotopic (exact) mass is 283 g/mol. The smallest absolute Gasteiger partial charge is 0.240 e. The van der Waals surface area contributed by atoms with E-state index >= 15 is 0 Å². The molecule has 0 unspecified atom stereocenters. The third kappa shape index (κ3) is 2.87. The van der Waals surface area contributed by atoms with Gasteiger partial charge in [0.05, 0.1) is 18.0 Å². The van der Waals surface area contributed by atoms with Crippen LogP contribution in [0, 0.1) is 0 Å². The molecule has 0 saturated heterocycles. The van der Waals surface area contributed by atoms with Gasteiger partial charge in [-0.3, -0.25) is 9.10 Å². The van der Waals surface area contributed by atoms with Gasteiger partial charge in [-0.2, -0.15) is 0 Å². The number of sulfonamides is 1. The fourth-order valence-corrected chi connectivity index (χ4v) is 2.98. The lowest BCUT2D eigenvalue weighted by molar-refractivity contribution is -0.117. The van der Waals surface area contributed by atoms with E-state index in [1.54, 1.807) is 19.1 Å². The van der Waals surface area contributed by atoms with Crippen LogP contribution < -0.4 is 15.4 Å². The number of nitrogens with one attached hydrogen (secondary N) is 1. The molecule has 7 heteroatoms. The van der Waals surface area contributed by atoms with Gasteiger partial charge in [0.25, 0.3) is 0 Å². The molecule has 1 aromatic rings. The van der Waals surface area contributed by atoms with Crippen molar-refractivity contribution in [3.63, 3.8) is 0 Å². The number of rotatable bonds is 3. The van der Waals surface area contributed by atoms with Crippen LogP contribution in [-0.2, 0) is 21.2 Å². The van der Waals surface area contributed by atoms with Gasteiger partial charge in [-0.05, 0) is 31.0 Å². The molecule has 1 aliphatic heterocycles. The lowest BCUT2D eigenvalue weighted by atomic mass is 10.1. The molecule has 0 aliphatic carbocycles. The van der Waals surface area contributed by atoms with Crippen LogP contribution in [0.4, 0.5) is 11.4 Å². The summed E-state index contributed by atoms with van der Waals surface area (Å²) in [5.41, 5.74) is 7.62. The minimum absolute atomic E-state index is 0.302. The van der Waals surface area contributed by atoms with Gasteiger partial charge in [-0.1, -0.05) is 6.07 Å². The molecular formula is C12H17N3O3S. The molecule has 6 nitrogen and oxygen atoms in total. The zero-order valence-electron chi connectivity index (χ0n) is 10.9. The summed E-state index contributed by atoms with van der Waals surface area (Å²) in [7, 11) is -3.28. The third-order valence-electron chi connectivity index (χ3n) is 3.02. The molecule has 0 radical (unpaired) electrons. The average molecular weight is 283 g/mol. The molecule has 19 heavy (non-hydrogen) atoms. The van der Waals surface area contributed by atoms with Gasteiger partial charge in [0.1, 0.15) is 0 Å². The second-order valence-corrected chi connectivity index (χ2v) is 6.61. The Morgan fingerprint density at radius 1 is 1.47 bits per heavy atom. The average Bonchev–Trinajstić information content (AvgIpc) is 2.71. The number of hydrogen-bond donors (Lipinski definition) is 2. The van der Waals surface area contributed by atoms with E-state index < -0.39 is 16.1 Å². The van der Waals surface area contributed by atoms with E-state index in [1.165, 1.54) is 10.6 Å². The molecular weight excluding hydrogens is 266 g/mol. The molecule has 1 atom stereocenters. The molecule has 0 saturated carbocycles. The highest BCUT2D eigenvalue weighted by atomic mass is 32.2. The topological polar surface area (TPSA) is 92.5 Å². The Kier molecular flexibility index (Phi) is 3.51. The normalized spacial score (nSPS) is 16.1. The predicted molar refractivity (Wildman–Crippen MR) is 74.6 cm³/mol. The van der Waals surface area contributed by atoms with E-state index in [0.717, 1.165) is 5.56 Å². The number of hydrogen-bond acceptors (Lipinski definition) is 4. The third-order valence-corrected chi connectivity index (χ3v) is 4.20. The molecule has 0 aromatic heterocycles. The van der Waals surface area contributed by atoms with E-state index in [9.17, 15) is 13.2 Å². The minimum Gasteiger partial charge on any atom is -0.325 e. The summed E-state index contributed by atoms with van der Waals surface area (Å²) in [5, 5.41) is 2.66. The van der Waals surface area contributed by atoms with Crippen molar-refractivity contribution in [1.82, 2.24) is 0 Å². The number of carbonyl (C=O) groups is 1. The summed E-state index contributed by atoms with van der Waals surface area (Å²) in [5.74, 6) is -0.302. The fourth-order valence-electron chi connectivity index (χ4n) is 2.03. The first-order valence-electron chi connectivity index (χ1n) is 5.96. The van der Waals surface area contributed by atoms with Gasteiger partial charge in [-0.25, -0.2) is 8.42 Å². The molecule has 2 rings (SSSR count). The van der Waals surface area contributed by atoms with Crippen LogP contribution in [0.25, 0.3) is 0 Å². The Hall–Kier alpha value is -1.60. The van der Waals surface area contributed by atoms with Gasteiger partial charge in [0.15, 0.2) is 0 Å². The highest BCUT2D eigenvalue weighted by molar-refractivity contribution is 7.92. The summed E-state index contributed by atoms with van der Waals surface area (Å²) >= 11 is 0. The largest absolute Gasteiger partial charge is 0.325 e. The standard InChI is InChI=1S/C12H17N3O3S/c1-8(13)12(16)14-10-4-3-9-5-6-15(11(9)7-10)19(2,17)18/h3-4,7-8H,5-6,13H2,1-2H3,(H,14,16)/t8-/m0/s1. The van der Waals surface area contributed by atoms with Crippen molar-refractivity contribution in [2.75, 3.05) is 22.4 Å². The first-order valence-corrected chi connectivity index (χ1v) is 7.81. The molecule has 1 aliphatic rings. The van der Waals surface area contributed by atoms with Crippen molar-refractivity contribution in [3.8, 4) is 0 Å². The Morgan fingerprint density at radius 3 is 2.74 bits per heavy atom. The molecule has 1 amide bonds. The van der Waals surface area contributed by atoms with Crippen LogP contribution in [-0.4, -0.2) is 33.2 Å². The van der Waals surface area contributed by atoms with E-state index in [2.05, 4.69) is 5.32 Å². The molecule has 0 spiro atoms. The van der Waals surface area contributed by atoms with Crippen LogP contribution in [0.2, 0.25) is 0 Å². The molecule has 1 aromatic carbocycles. The van der Waals surface area contributed by atoms with Crippen LogP contribution in [0.1, 0.15) is 12.5 Å². The Morgan fingerprint density at radius 2 is 2.16 bits per heavy atom. The number of amides is 1. The van der Waals surface area contributed by atoms with E-state index in [-0.39, 0.29) is 5.91 Å². The minimum atomic E-state index is -3.28. The van der Waals surface area contributed by atoms with Crippen LogP contribution in [0.3, 0.4) is 0 Å². The van der Waals surface area contributed by atoms with Crippen molar-refractivity contribution in [3.05, 3.63) is 23.8 Å². The Bertz CT molecular complexity index is 611. The van der Waals surface area contributed by atoms with Crippen molar-refractivity contribution in [2.24, 2.45) is 5.73 Å². The highest BCUT2D eigenvalue weighted by Crippen LogP contribution is 2.32. The molecule has 0 bridgehead atoms. The molecule has 1 heterocycles. The van der Waals surface area contributed by atoms with E-state index in [4.69, 9.17) is 5.73 Å². The number of anilines is 2. The Labute approximate surface area is 112 Å². The SMILES string of the molecule is C[C@H](N)C(=O)Nc1ccc2c(c1)N(S(C)(=O)=O)CC2. The highest BCUT2D eigenvalue weighted by Gasteiger charge is 2.26. The number of nitrogens with two attached hydrogens (primary N) is 1. The predicted octanol–water partition coefficient (Wildman–Crippen LogP) is 0.294. The summed E-state index contributed by atoms with van der Waals surface area (Å²) in [6, 6.07) is 4.64. The van der Waals surface area contributed by atoms with Crippen LogP contribution in [0.15, 0.2) is 18.2 Å². The number of fused-ring (bicyclic) bond motifs is 1. The maximum absolute atomic E-state index is 11.7. The van der Waals surface area contributed by atoms with Crippen molar-refractivity contribution < 1.29 is 13.2 Å². The second kappa shape index (κ2) is 4.82. The van der Waals surface area contributed by atoms with Crippen molar-refractivity contribution in [2.45, 2.75) is 19.4 Å². The first-order chi connectivity index (χ1) is 8.79. The first kappa shape index (κ1) is 13.8. The van der Waals surface area contributed by atoms with Gasteiger partial charge in [0, 0.05) is 12.2 Å². The summed E-state index contributed by atoms with van der Waals surface area (Å²) < 4.78 is 24.7. The second-order valence-electron chi connectivity index (χ2n) is 4.71. The van der Waals surface area contributed by atoms with Gasteiger partial charge >= 0.3 is 0 Å².